The van der Waals surface area contributed by atoms with Crippen LogP contribution in [0.15, 0.2) is 12.2 Å². The average Bonchev–Trinajstić information content (AvgIpc) is 2.42. The van der Waals surface area contributed by atoms with E-state index in [1.54, 1.807) is 6.92 Å². The molecule has 0 aromatic rings. The molecule has 0 rings (SSSR count). The standard InChI is InChI=1S/C12H19NO6/c1-4-19-8-10(14)13-9(12(16)18-3)6-5-7-11(15)17-2/h5,7,9H,4,6,8H2,1-3H3,(H,13,14)/b7-5+/t9-/m0/s1. The molecule has 0 aliphatic heterocycles. The third kappa shape index (κ3) is 7.93. The number of methoxy groups -OCH3 is 2. The molecule has 1 N–H and O–H groups in total. The normalized spacial score (nSPS) is 11.9. The van der Waals surface area contributed by atoms with Crippen molar-refractivity contribution < 1.29 is 28.6 Å². The van der Waals surface area contributed by atoms with E-state index in [1.165, 1.54) is 26.4 Å². The summed E-state index contributed by atoms with van der Waals surface area (Å²) >= 11 is 0. The molecule has 19 heavy (non-hydrogen) atoms. The second kappa shape index (κ2) is 10.1. The predicted molar refractivity (Wildman–Crippen MR) is 66.2 cm³/mol. The van der Waals surface area contributed by atoms with E-state index in [4.69, 9.17) is 4.74 Å². The van der Waals surface area contributed by atoms with Gasteiger partial charge in [0, 0.05) is 12.7 Å². The molecule has 0 bridgehead atoms. The summed E-state index contributed by atoms with van der Waals surface area (Å²) < 4.78 is 13.9. The highest BCUT2D eigenvalue weighted by atomic mass is 16.5. The van der Waals surface area contributed by atoms with E-state index < -0.39 is 23.9 Å². The third-order valence-electron chi connectivity index (χ3n) is 2.09. The summed E-state index contributed by atoms with van der Waals surface area (Å²) in [5, 5.41) is 2.45. The van der Waals surface area contributed by atoms with Gasteiger partial charge in [0.1, 0.15) is 12.6 Å². The first-order valence-corrected chi connectivity index (χ1v) is 5.74. The molecule has 0 saturated carbocycles. The monoisotopic (exact) mass is 273 g/mol. The topological polar surface area (TPSA) is 90.9 Å². The summed E-state index contributed by atoms with van der Waals surface area (Å²) in [6.45, 7) is 2.02. The summed E-state index contributed by atoms with van der Waals surface area (Å²) in [6.07, 6.45) is 2.72. The summed E-state index contributed by atoms with van der Waals surface area (Å²) in [4.78, 5) is 33.7. The maximum atomic E-state index is 11.4. The Labute approximate surface area is 111 Å². The van der Waals surface area contributed by atoms with Gasteiger partial charge in [0.05, 0.1) is 14.2 Å². The molecule has 0 aromatic carbocycles. The summed E-state index contributed by atoms with van der Waals surface area (Å²) in [7, 11) is 2.46. The van der Waals surface area contributed by atoms with Crippen molar-refractivity contribution in [1.29, 1.82) is 0 Å². The summed E-state index contributed by atoms with van der Waals surface area (Å²) in [5.74, 6) is -1.56. The Morgan fingerprint density at radius 1 is 1.21 bits per heavy atom. The molecule has 0 saturated heterocycles. The summed E-state index contributed by atoms with van der Waals surface area (Å²) in [6, 6.07) is -0.862. The number of hydrogen-bond acceptors (Lipinski definition) is 6. The smallest absolute Gasteiger partial charge is 0.330 e. The van der Waals surface area contributed by atoms with Gasteiger partial charge in [-0.1, -0.05) is 6.08 Å². The lowest BCUT2D eigenvalue weighted by Crippen LogP contribution is -2.42. The number of amides is 1. The zero-order valence-electron chi connectivity index (χ0n) is 11.3. The molecule has 0 fully saturated rings. The van der Waals surface area contributed by atoms with Gasteiger partial charge in [0.25, 0.3) is 0 Å². The van der Waals surface area contributed by atoms with Gasteiger partial charge in [-0.05, 0) is 13.3 Å². The Balaban J connectivity index is 4.39. The van der Waals surface area contributed by atoms with E-state index in [-0.39, 0.29) is 13.0 Å². The number of nitrogens with one attached hydrogen (secondary N) is 1. The van der Waals surface area contributed by atoms with E-state index in [1.807, 2.05) is 0 Å². The molecule has 1 atom stereocenters. The van der Waals surface area contributed by atoms with Crippen LogP contribution in [0.3, 0.4) is 0 Å². The van der Waals surface area contributed by atoms with Crippen molar-refractivity contribution in [3.05, 3.63) is 12.2 Å². The fourth-order valence-corrected chi connectivity index (χ4v) is 1.16. The van der Waals surface area contributed by atoms with Crippen molar-refractivity contribution in [3.8, 4) is 0 Å². The van der Waals surface area contributed by atoms with E-state index in [9.17, 15) is 14.4 Å². The van der Waals surface area contributed by atoms with Crippen LogP contribution in [-0.4, -0.2) is 51.3 Å². The molecule has 108 valence electrons. The minimum Gasteiger partial charge on any atom is -0.467 e. The molecule has 0 radical (unpaired) electrons. The number of carbonyl (C=O) groups excluding carboxylic acids is 3. The van der Waals surface area contributed by atoms with E-state index in [0.717, 1.165) is 0 Å². The zero-order valence-corrected chi connectivity index (χ0v) is 11.3. The van der Waals surface area contributed by atoms with Gasteiger partial charge in [-0.3, -0.25) is 4.79 Å². The number of esters is 2. The number of ether oxygens (including phenoxy) is 3. The molecule has 0 unspecified atom stereocenters. The van der Waals surface area contributed by atoms with Gasteiger partial charge in [-0.15, -0.1) is 0 Å². The largest absolute Gasteiger partial charge is 0.467 e. The Kier molecular flexibility index (Phi) is 9.07. The minimum absolute atomic E-state index is 0.125. The average molecular weight is 273 g/mol. The van der Waals surface area contributed by atoms with Crippen molar-refractivity contribution in [3.63, 3.8) is 0 Å². The Morgan fingerprint density at radius 2 is 1.89 bits per heavy atom. The first-order chi connectivity index (χ1) is 9.04. The molecule has 7 heteroatoms. The second-order valence-electron chi connectivity index (χ2n) is 3.44. The van der Waals surface area contributed by atoms with E-state index >= 15 is 0 Å². The van der Waals surface area contributed by atoms with Gasteiger partial charge in [-0.25, -0.2) is 9.59 Å². The van der Waals surface area contributed by atoms with Gasteiger partial charge in [0.15, 0.2) is 0 Å². The highest BCUT2D eigenvalue weighted by Gasteiger charge is 2.20. The van der Waals surface area contributed by atoms with Crippen molar-refractivity contribution in [2.45, 2.75) is 19.4 Å². The fourth-order valence-electron chi connectivity index (χ4n) is 1.16. The number of carbonyl (C=O) groups is 3. The fraction of sp³-hybridized carbons (Fsp3) is 0.583. The lowest BCUT2D eigenvalue weighted by atomic mass is 10.2. The van der Waals surface area contributed by atoms with Gasteiger partial charge < -0.3 is 19.5 Å². The SMILES string of the molecule is CCOCC(=O)N[C@@H](C/C=C/C(=O)OC)C(=O)OC. The second-order valence-corrected chi connectivity index (χ2v) is 3.44. The van der Waals surface area contributed by atoms with Crippen LogP contribution in [-0.2, 0) is 28.6 Å². The van der Waals surface area contributed by atoms with Crippen LogP contribution in [0.5, 0.6) is 0 Å². The summed E-state index contributed by atoms with van der Waals surface area (Å²) in [5.41, 5.74) is 0. The quantitative estimate of drug-likeness (QED) is 0.486. The lowest BCUT2D eigenvalue weighted by molar-refractivity contribution is -0.145. The number of rotatable bonds is 8. The van der Waals surface area contributed by atoms with Crippen LogP contribution in [0, 0.1) is 0 Å². The molecular weight excluding hydrogens is 254 g/mol. The molecule has 7 nitrogen and oxygen atoms in total. The molecule has 0 spiro atoms. The van der Waals surface area contributed by atoms with Crippen LogP contribution in [0.1, 0.15) is 13.3 Å². The molecule has 0 aliphatic carbocycles. The Bertz CT molecular complexity index is 339. The van der Waals surface area contributed by atoms with Crippen LogP contribution >= 0.6 is 0 Å². The van der Waals surface area contributed by atoms with E-state index in [2.05, 4.69) is 14.8 Å². The minimum atomic E-state index is -0.862. The zero-order chi connectivity index (χ0) is 14.7. The van der Waals surface area contributed by atoms with Crippen molar-refractivity contribution in [1.82, 2.24) is 5.32 Å². The number of hydrogen-bond donors (Lipinski definition) is 1. The highest BCUT2D eigenvalue weighted by molar-refractivity contribution is 5.85. The predicted octanol–water partition coefficient (Wildman–Crippen LogP) is -0.200. The molecule has 0 aromatic heterocycles. The molecule has 1 amide bonds. The van der Waals surface area contributed by atoms with E-state index in [0.29, 0.717) is 6.61 Å². The van der Waals surface area contributed by atoms with Crippen LogP contribution in [0.2, 0.25) is 0 Å². The van der Waals surface area contributed by atoms with Gasteiger partial charge >= 0.3 is 11.9 Å². The molecule has 0 aliphatic rings. The molecular formula is C12H19NO6. The first-order valence-electron chi connectivity index (χ1n) is 5.74. The highest BCUT2D eigenvalue weighted by Crippen LogP contribution is 1.98. The third-order valence-corrected chi connectivity index (χ3v) is 2.09. The Hall–Kier alpha value is -1.89. The van der Waals surface area contributed by atoms with Crippen LogP contribution in [0.25, 0.3) is 0 Å². The van der Waals surface area contributed by atoms with Gasteiger partial charge in [-0.2, -0.15) is 0 Å². The maximum absolute atomic E-state index is 11.4. The van der Waals surface area contributed by atoms with Gasteiger partial charge in [0.2, 0.25) is 5.91 Å². The van der Waals surface area contributed by atoms with Crippen LogP contribution < -0.4 is 5.32 Å². The van der Waals surface area contributed by atoms with Crippen molar-refractivity contribution >= 4 is 17.8 Å². The van der Waals surface area contributed by atoms with Crippen LogP contribution in [0.4, 0.5) is 0 Å². The first kappa shape index (κ1) is 17.1. The van der Waals surface area contributed by atoms with Crippen molar-refractivity contribution in [2.75, 3.05) is 27.4 Å². The lowest BCUT2D eigenvalue weighted by Gasteiger charge is -2.14. The van der Waals surface area contributed by atoms with Crippen molar-refractivity contribution in [2.24, 2.45) is 0 Å². The maximum Gasteiger partial charge on any atom is 0.330 e. The Morgan fingerprint density at radius 3 is 2.42 bits per heavy atom. The molecule has 0 heterocycles.